The SMILES string of the molecule is CC(C)(C)OC(=O)NC1(C(=O)O)CC2CCC(C1)N2C(=O)OCC1c2ccccc2-c2ccccc21. The quantitative estimate of drug-likeness (QED) is 0.628. The minimum Gasteiger partial charge on any atom is -0.480 e. The van der Waals surface area contributed by atoms with E-state index in [1.54, 1.807) is 25.7 Å². The summed E-state index contributed by atoms with van der Waals surface area (Å²) < 4.78 is 11.2. The molecular weight excluding hydrogens is 460 g/mol. The molecule has 8 nitrogen and oxygen atoms in total. The lowest BCUT2D eigenvalue weighted by Crippen LogP contribution is -2.64. The highest BCUT2D eigenvalue weighted by Gasteiger charge is 2.55. The van der Waals surface area contributed by atoms with Gasteiger partial charge in [0.25, 0.3) is 0 Å². The molecule has 2 unspecified atom stereocenters. The molecule has 2 N–H and O–H groups in total. The Morgan fingerprint density at radius 2 is 1.50 bits per heavy atom. The number of piperidine rings is 1. The second kappa shape index (κ2) is 8.84. The summed E-state index contributed by atoms with van der Waals surface area (Å²) in [5, 5.41) is 12.7. The molecule has 2 saturated heterocycles. The van der Waals surface area contributed by atoms with Crippen molar-refractivity contribution in [2.45, 2.75) is 75.6 Å². The third-order valence-corrected chi connectivity index (χ3v) is 7.48. The van der Waals surface area contributed by atoms with Gasteiger partial charge in [0.2, 0.25) is 0 Å². The molecule has 1 aliphatic carbocycles. The fourth-order valence-corrected chi connectivity index (χ4v) is 6.05. The van der Waals surface area contributed by atoms with Gasteiger partial charge in [-0.2, -0.15) is 0 Å². The predicted molar refractivity (Wildman–Crippen MR) is 133 cm³/mol. The molecule has 0 radical (unpaired) electrons. The maximum atomic E-state index is 13.3. The Hall–Kier alpha value is -3.55. The maximum absolute atomic E-state index is 13.3. The molecule has 0 saturated carbocycles. The number of amides is 2. The summed E-state index contributed by atoms with van der Waals surface area (Å²) in [7, 11) is 0. The lowest BCUT2D eigenvalue weighted by molar-refractivity contribution is -0.148. The summed E-state index contributed by atoms with van der Waals surface area (Å²) in [5.41, 5.74) is 2.37. The Balaban J connectivity index is 1.29. The van der Waals surface area contributed by atoms with Crippen LogP contribution in [0.4, 0.5) is 9.59 Å². The van der Waals surface area contributed by atoms with Crippen molar-refractivity contribution >= 4 is 18.2 Å². The van der Waals surface area contributed by atoms with Gasteiger partial charge >= 0.3 is 18.2 Å². The fourth-order valence-electron chi connectivity index (χ4n) is 6.05. The highest BCUT2D eigenvalue weighted by molar-refractivity contribution is 5.85. The number of alkyl carbamates (subject to hydrolysis) is 1. The van der Waals surface area contributed by atoms with Gasteiger partial charge in [-0.05, 0) is 55.9 Å². The second-order valence-corrected chi connectivity index (χ2v) is 11.0. The van der Waals surface area contributed by atoms with Gasteiger partial charge in [0.05, 0.1) is 0 Å². The molecule has 2 atom stereocenters. The maximum Gasteiger partial charge on any atom is 0.410 e. The zero-order valence-electron chi connectivity index (χ0n) is 20.8. The molecule has 2 bridgehead atoms. The van der Waals surface area contributed by atoms with E-state index in [1.165, 1.54) is 0 Å². The first-order valence-corrected chi connectivity index (χ1v) is 12.5. The van der Waals surface area contributed by atoms with Gasteiger partial charge in [-0.25, -0.2) is 14.4 Å². The van der Waals surface area contributed by atoms with Gasteiger partial charge < -0.3 is 24.8 Å². The summed E-state index contributed by atoms with van der Waals surface area (Å²) in [6.07, 6.45) is 0.365. The van der Waals surface area contributed by atoms with Crippen LogP contribution in [-0.4, -0.2) is 58.0 Å². The van der Waals surface area contributed by atoms with E-state index in [1.807, 2.05) is 24.3 Å². The molecule has 2 fully saturated rings. The zero-order chi connectivity index (χ0) is 25.7. The van der Waals surface area contributed by atoms with Gasteiger partial charge in [-0.15, -0.1) is 0 Å². The number of carboxylic acid groups (broad SMARTS) is 1. The molecule has 2 aliphatic heterocycles. The first-order valence-electron chi connectivity index (χ1n) is 12.5. The number of rotatable bonds is 4. The van der Waals surface area contributed by atoms with E-state index < -0.39 is 29.3 Å². The molecule has 2 heterocycles. The molecule has 3 aliphatic rings. The highest BCUT2D eigenvalue weighted by atomic mass is 16.6. The Morgan fingerprint density at radius 3 is 2.00 bits per heavy atom. The normalized spacial score (nSPS) is 24.6. The van der Waals surface area contributed by atoms with Crippen molar-refractivity contribution in [3.8, 4) is 11.1 Å². The van der Waals surface area contributed by atoms with E-state index in [4.69, 9.17) is 9.47 Å². The first kappa shape index (κ1) is 24.2. The van der Waals surface area contributed by atoms with Crippen molar-refractivity contribution in [1.29, 1.82) is 0 Å². The van der Waals surface area contributed by atoms with Crippen LogP contribution in [0, 0.1) is 0 Å². The summed E-state index contributed by atoms with van der Waals surface area (Å²) in [5.74, 6) is -1.16. The third kappa shape index (κ3) is 4.29. The number of nitrogens with one attached hydrogen (secondary N) is 1. The topological polar surface area (TPSA) is 105 Å². The second-order valence-electron chi connectivity index (χ2n) is 11.0. The van der Waals surface area contributed by atoms with Gasteiger partial charge in [-0.1, -0.05) is 48.5 Å². The van der Waals surface area contributed by atoms with Crippen LogP contribution in [0.2, 0.25) is 0 Å². The van der Waals surface area contributed by atoms with Crippen LogP contribution < -0.4 is 5.32 Å². The number of carbonyl (C=O) groups is 3. The van der Waals surface area contributed by atoms with Gasteiger partial charge in [0.15, 0.2) is 0 Å². The molecule has 5 rings (SSSR count). The number of hydrogen-bond donors (Lipinski definition) is 2. The standard InChI is InChI=1S/C28H32N2O6/c1-27(2,3)36-25(33)29-28(24(31)32)14-17-12-13-18(15-28)30(17)26(34)35-16-23-21-10-6-4-8-19(21)20-9-5-7-11-22(20)23/h4-11,17-18,23H,12-16H2,1-3H3,(H,29,33)(H,31,32). The number of carboxylic acids is 1. The van der Waals surface area contributed by atoms with Crippen molar-refractivity contribution in [3.63, 3.8) is 0 Å². The van der Waals surface area contributed by atoms with Crippen LogP contribution in [0.1, 0.15) is 63.5 Å². The number of nitrogens with zero attached hydrogens (tertiary/aromatic N) is 1. The van der Waals surface area contributed by atoms with Crippen molar-refractivity contribution in [1.82, 2.24) is 10.2 Å². The molecule has 0 spiro atoms. The Bertz CT molecular complexity index is 1140. The third-order valence-electron chi connectivity index (χ3n) is 7.48. The number of carbonyl (C=O) groups excluding carboxylic acids is 2. The molecular formula is C28H32N2O6. The van der Waals surface area contributed by atoms with E-state index in [9.17, 15) is 19.5 Å². The summed E-state index contributed by atoms with van der Waals surface area (Å²) in [6.45, 7) is 5.39. The average Bonchev–Trinajstić information content (AvgIpc) is 3.28. The smallest absolute Gasteiger partial charge is 0.410 e. The van der Waals surface area contributed by atoms with Crippen LogP contribution >= 0.6 is 0 Å². The summed E-state index contributed by atoms with van der Waals surface area (Å²) >= 11 is 0. The minimum atomic E-state index is -1.48. The van der Waals surface area contributed by atoms with Gasteiger partial charge in [-0.3, -0.25) is 0 Å². The Kier molecular flexibility index (Phi) is 5.93. The summed E-state index contributed by atoms with van der Waals surface area (Å²) in [4.78, 5) is 39.7. The summed E-state index contributed by atoms with van der Waals surface area (Å²) in [6, 6.07) is 15.7. The van der Waals surface area contributed by atoms with Crippen molar-refractivity contribution in [2.75, 3.05) is 6.61 Å². The van der Waals surface area contributed by atoms with Crippen molar-refractivity contribution < 1.29 is 29.0 Å². The number of ether oxygens (including phenoxy) is 2. The molecule has 0 aromatic heterocycles. The minimum absolute atomic E-state index is 0.0456. The van der Waals surface area contributed by atoms with E-state index in [0.717, 1.165) is 22.3 Å². The molecule has 2 amide bonds. The molecule has 8 heteroatoms. The number of fused-ring (bicyclic) bond motifs is 5. The highest BCUT2D eigenvalue weighted by Crippen LogP contribution is 2.45. The fraction of sp³-hybridized carbons (Fsp3) is 0.464. The van der Waals surface area contributed by atoms with Crippen LogP contribution in [0.15, 0.2) is 48.5 Å². The van der Waals surface area contributed by atoms with Crippen molar-refractivity contribution in [2.24, 2.45) is 0 Å². The number of benzene rings is 2. The largest absolute Gasteiger partial charge is 0.480 e. The molecule has 2 aromatic rings. The first-order chi connectivity index (χ1) is 17.1. The van der Waals surface area contributed by atoms with Crippen LogP contribution in [0.5, 0.6) is 0 Å². The van der Waals surface area contributed by atoms with Crippen LogP contribution in [0.25, 0.3) is 11.1 Å². The monoisotopic (exact) mass is 492 g/mol. The van der Waals surface area contributed by atoms with E-state index in [-0.39, 0.29) is 37.5 Å². The zero-order valence-corrected chi connectivity index (χ0v) is 20.8. The number of aliphatic carboxylic acids is 1. The lowest BCUT2D eigenvalue weighted by atomic mass is 9.83. The molecule has 36 heavy (non-hydrogen) atoms. The van der Waals surface area contributed by atoms with E-state index >= 15 is 0 Å². The average molecular weight is 493 g/mol. The van der Waals surface area contributed by atoms with E-state index in [0.29, 0.717) is 12.8 Å². The Labute approximate surface area is 210 Å². The van der Waals surface area contributed by atoms with E-state index in [2.05, 4.69) is 29.6 Å². The molecule has 2 aromatic carbocycles. The predicted octanol–water partition coefficient (Wildman–Crippen LogP) is 4.91. The Morgan fingerprint density at radius 1 is 0.972 bits per heavy atom. The molecule has 190 valence electrons. The van der Waals surface area contributed by atoms with Crippen molar-refractivity contribution in [3.05, 3.63) is 59.7 Å². The van der Waals surface area contributed by atoms with Crippen LogP contribution in [0.3, 0.4) is 0 Å². The lowest BCUT2D eigenvalue weighted by Gasteiger charge is -2.43. The van der Waals surface area contributed by atoms with Gasteiger partial charge in [0, 0.05) is 30.8 Å². The number of hydrogen-bond acceptors (Lipinski definition) is 5. The van der Waals surface area contributed by atoms with Gasteiger partial charge in [0.1, 0.15) is 17.7 Å². The van der Waals surface area contributed by atoms with Crippen LogP contribution in [-0.2, 0) is 14.3 Å².